The highest BCUT2D eigenvalue weighted by molar-refractivity contribution is 9.10. The predicted molar refractivity (Wildman–Crippen MR) is 112 cm³/mol. The van der Waals surface area contributed by atoms with Gasteiger partial charge in [0, 0.05) is 16.2 Å². The van der Waals surface area contributed by atoms with Crippen LogP contribution in [0.5, 0.6) is 0 Å². The molecule has 128 valence electrons. The van der Waals surface area contributed by atoms with Crippen LogP contribution in [0.2, 0.25) is 5.02 Å². The second kappa shape index (κ2) is 8.32. The Kier molecular flexibility index (Phi) is 6.67. The van der Waals surface area contributed by atoms with E-state index in [1.54, 1.807) is 0 Å². The third-order valence-electron chi connectivity index (χ3n) is 3.93. The van der Waals surface area contributed by atoms with E-state index in [0.29, 0.717) is 10.1 Å². The van der Waals surface area contributed by atoms with Crippen LogP contribution in [-0.2, 0) is 5.41 Å². The topological polar surface area (TPSA) is 24.1 Å². The van der Waals surface area contributed by atoms with Crippen molar-refractivity contribution in [3.8, 4) is 0 Å². The highest BCUT2D eigenvalue weighted by Crippen LogP contribution is 2.28. The average molecular weight is 426 g/mol. The zero-order valence-corrected chi connectivity index (χ0v) is 17.2. The molecule has 0 saturated heterocycles. The van der Waals surface area contributed by atoms with E-state index in [1.165, 1.54) is 5.56 Å². The molecule has 0 unspecified atom stereocenters. The predicted octanol–water partition coefficient (Wildman–Crippen LogP) is 6.15. The van der Waals surface area contributed by atoms with Crippen LogP contribution in [0.15, 0.2) is 53.0 Å². The number of halogens is 2. The summed E-state index contributed by atoms with van der Waals surface area (Å²) in [7, 11) is 0. The minimum atomic E-state index is 0.0736. The summed E-state index contributed by atoms with van der Waals surface area (Å²) in [6.07, 6.45) is 0.972. The first kappa shape index (κ1) is 19.2. The lowest BCUT2D eigenvalue weighted by molar-refractivity contribution is 0.420. The molecular weight excluding hydrogens is 404 g/mol. The normalized spacial score (nSPS) is 12.5. The van der Waals surface area contributed by atoms with Crippen LogP contribution in [0.25, 0.3) is 0 Å². The number of nitrogens with one attached hydrogen (secondary N) is 2. The van der Waals surface area contributed by atoms with Gasteiger partial charge in [0.2, 0.25) is 0 Å². The first-order valence-electron chi connectivity index (χ1n) is 7.86. The molecule has 0 bridgehead atoms. The van der Waals surface area contributed by atoms with Gasteiger partial charge in [0.1, 0.15) is 0 Å². The lowest BCUT2D eigenvalue weighted by atomic mass is 9.79. The van der Waals surface area contributed by atoms with Gasteiger partial charge in [-0.3, -0.25) is 0 Å². The number of thiocarbonyl (C=S) groups is 1. The van der Waals surface area contributed by atoms with Crippen molar-refractivity contribution in [1.29, 1.82) is 0 Å². The average Bonchev–Trinajstić information content (AvgIpc) is 2.51. The van der Waals surface area contributed by atoms with Gasteiger partial charge < -0.3 is 10.6 Å². The van der Waals surface area contributed by atoms with Crippen molar-refractivity contribution >= 4 is 50.5 Å². The zero-order valence-electron chi connectivity index (χ0n) is 14.1. The van der Waals surface area contributed by atoms with Crippen molar-refractivity contribution in [2.75, 3.05) is 5.32 Å². The van der Waals surface area contributed by atoms with E-state index in [4.69, 9.17) is 23.8 Å². The van der Waals surface area contributed by atoms with Gasteiger partial charge in [0.25, 0.3) is 0 Å². The van der Waals surface area contributed by atoms with Crippen LogP contribution in [0, 0.1) is 0 Å². The molecule has 0 fully saturated rings. The molecule has 2 aromatic carbocycles. The van der Waals surface area contributed by atoms with E-state index in [0.717, 1.165) is 16.6 Å². The molecular formula is C19H22BrClN2S. The van der Waals surface area contributed by atoms with E-state index < -0.39 is 0 Å². The fraction of sp³-hybridized carbons (Fsp3) is 0.316. The lowest BCUT2D eigenvalue weighted by Crippen LogP contribution is -2.39. The number of benzene rings is 2. The molecule has 2 aromatic rings. The number of rotatable bonds is 5. The summed E-state index contributed by atoms with van der Waals surface area (Å²) in [5.74, 6) is 0. The summed E-state index contributed by atoms with van der Waals surface area (Å²) in [5.41, 5.74) is 2.27. The first-order chi connectivity index (χ1) is 11.3. The molecule has 2 nitrogen and oxygen atoms in total. The van der Waals surface area contributed by atoms with E-state index in [9.17, 15) is 0 Å². The fourth-order valence-electron chi connectivity index (χ4n) is 2.79. The summed E-state index contributed by atoms with van der Waals surface area (Å²) < 4.78 is 0.867. The Labute approximate surface area is 163 Å². The van der Waals surface area contributed by atoms with Gasteiger partial charge in [0.05, 0.1) is 5.02 Å². The fourth-order valence-corrected chi connectivity index (χ4v) is 3.53. The van der Waals surface area contributed by atoms with E-state index in [-0.39, 0.29) is 11.5 Å². The number of anilines is 1. The minimum Gasteiger partial charge on any atom is -0.360 e. The number of hydrogen-bond acceptors (Lipinski definition) is 1. The van der Waals surface area contributed by atoms with Crippen LogP contribution in [0.3, 0.4) is 0 Å². The lowest BCUT2D eigenvalue weighted by Gasteiger charge is -2.29. The molecule has 1 atom stereocenters. The Hall–Kier alpha value is -1.10. The SMILES string of the molecule is C[C@H](CC(C)(C)c1ccccc1)NC(=S)Nc1ccc(Br)c(Cl)c1. The maximum Gasteiger partial charge on any atom is 0.170 e. The Morgan fingerprint density at radius 2 is 1.88 bits per heavy atom. The van der Waals surface area contributed by atoms with E-state index in [2.05, 4.69) is 71.6 Å². The highest BCUT2D eigenvalue weighted by atomic mass is 79.9. The van der Waals surface area contributed by atoms with Crippen LogP contribution < -0.4 is 10.6 Å². The third-order valence-corrected chi connectivity index (χ3v) is 5.38. The second-order valence-corrected chi connectivity index (χ2v) is 8.25. The van der Waals surface area contributed by atoms with Gasteiger partial charge in [-0.15, -0.1) is 0 Å². The summed E-state index contributed by atoms with van der Waals surface area (Å²) in [6, 6.07) is 16.5. The first-order valence-corrected chi connectivity index (χ1v) is 9.44. The Bertz CT molecular complexity index is 704. The maximum atomic E-state index is 6.11. The van der Waals surface area contributed by atoms with E-state index >= 15 is 0 Å². The van der Waals surface area contributed by atoms with Crippen LogP contribution in [-0.4, -0.2) is 11.2 Å². The molecule has 5 heteroatoms. The Morgan fingerprint density at radius 3 is 2.50 bits per heavy atom. The summed E-state index contributed by atoms with van der Waals surface area (Å²) >= 11 is 14.9. The van der Waals surface area contributed by atoms with Crippen LogP contribution >= 0.6 is 39.7 Å². The van der Waals surface area contributed by atoms with Crippen molar-refractivity contribution in [2.45, 2.75) is 38.6 Å². The highest BCUT2D eigenvalue weighted by Gasteiger charge is 2.23. The van der Waals surface area contributed by atoms with Gasteiger partial charge in [-0.2, -0.15) is 0 Å². The molecule has 0 aliphatic heterocycles. The number of hydrogen-bond donors (Lipinski definition) is 2. The summed E-state index contributed by atoms with van der Waals surface area (Å²) in [4.78, 5) is 0. The van der Waals surface area contributed by atoms with Crippen molar-refractivity contribution in [3.63, 3.8) is 0 Å². The molecule has 2 N–H and O–H groups in total. The van der Waals surface area contributed by atoms with Gasteiger partial charge in [-0.05, 0) is 70.7 Å². The largest absolute Gasteiger partial charge is 0.360 e. The molecule has 0 aliphatic carbocycles. The van der Waals surface area contributed by atoms with Gasteiger partial charge >= 0.3 is 0 Å². The van der Waals surface area contributed by atoms with Gasteiger partial charge in [-0.1, -0.05) is 55.8 Å². The Balaban J connectivity index is 1.92. The molecule has 0 heterocycles. The smallest absolute Gasteiger partial charge is 0.170 e. The van der Waals surface area contributed by atoms with Crippen molar-refractivity contribution in [2.24, 2.45) is 0 Å². The third kappa shape index (κ3) is 5.47. The zero-order chi connectivity index (χ0) is 17.7. The van der Waals surface area contributed by atoms with Crippen LogP contribution in [0.1, 0.15) is 32.8 Å². The van der Waals surface area contributed by atoms with Gasteiger partial charge in [-0.25, -0.2) is 0 Å². The monoisotopic (exact) mass is 424 g/mol. The van der Waals surface area contributed by atoms with Crippen molar-refractivity contribution < 1.29 is 0 Å². The molecule has 0 radical (unpaired) electrons. The molecule has 0 aromatic heterocycles. The second-order valence-electron chi connectivity index (χ2n) is 6.58. The van der Waals surface area contributed by atoms with Gasteiger partial charge in [0.15, 0.2) is 5.11 Å². The molecule has 0 saturated carbocycles. The molecule has 2 rings (SSSR count). The maximum absolute atomic E-state index is 6.11. The summed E-state index contributed by atoms with van der Waals surface area (Å²) in [6.45, 7) is 6.66. The summed E-state index contributed by atoms with van der Waals surface area (Å²) in [5, 5.41) is 7.79. The van der Waals surface area contributed by atoms with Crippen molar-refractivity contribution in [1.82, 2.24) is 5.32 Å². The minimum absolute atomic E-state index is 0.0736. The van der Waals surface area contributed by atoms with E-state index in [1.807, 2.05) is 24.3 Å². The molecule has 24 heavy (non-hydrogen) atoms. The standard InChI is InChI=1S/C19H22BrClN2S/c1-13(12-19(2,3)14-7-5-4-6-8-14)22-18(24)23-15-9-10-16(20)17(21)11-15/h4-11,13H,12H2,1-3H3,(H2,22,23,24)/t13-/m1/s1. The van der Waals surface area contributed by atoms with Crippen molar-refractivity contribution in [3.05, 3.63) is 63.6 Å². The molecule has 0 aliphatic rings. The van der Waals surface area contributed by atoms with Crippen LogP contribution in [0.4, 0.5) is 5.69 Å². The molecule has 0 amide bonds. The molecule has 0 spiro atoms. The Morgan fingerprint density at radius 1 is 1.21 bits per heavy atom. The quantitative estimate of drug-likeness (QED) is 0.562.